The van der Waals surface area contributed by atoms with Crippen molar-refractivity contribution < 1.29 is 9.59 Å². The van der Waals surface area contributed by atoms with E-state index in [2.05, 4.69) is 46.7 Å². The fraction of sp³-hybridized carbons (Fsp3) is 0.462. The number of amides is 2. The van der Waals surface area contributed by atoms with Crippen molar-refractivity contribution in [2.24, 2.45) is 5.92 Å². The van der Waals surface area contributed by atoms with E-state index in [1.165, 1.54) is 6.42 Å². The van der Waals surface area contributed by atoms with Gasteiger partial charge in [-0.3, -0.25) is 14.5 Å². The number of rotatable bonds is 5. The van der Waals surface area contributed by atoms with Crippen LogP contribution >= 0.6 is 0 Å². The summed E-state index contributed by atoms with van der Waals surface area (Å²) in [5.74, 6) is -0.419. The Balaban J connectivity index is 1.48. The Bertz CT molecular complexity index is 969. The van der Waals surface area contributed by atoms with Crippen molar-refractivity contribution in [2.75, 3.05) is 19.0 Å². The molecule has 2 aromatic rings. The smallest absolute Gasteiger partial charge is 0.249 e. The molecule has 1 saturated carbocycles. The van der Waals surface area contributed by atoms with Crippen molar-refractivity contribution in [1.29, 1.82) is 0 Å². The Kier molecular flexibility index (Phi) is 5.74. The lowest BCUT2D eigenvalue weighted by atomic mass is 9.90. The van der Waals surface area contributed by atoms with Crippen molar-refractivity contribution in [3.63, 3.8) is 0 Å². The lowest BCUT2D eigenvalue weighted by Crippen LogP contribution is -2.48. The quantitative estimate of drug-likeness (QED) is 0.733. The Morgan fingerprint density at radius 2 is 1.59 bits per heavy atom. The van der Waals surface area contributed by atoms with Crippen LogP contribution in [0.5, 0.6) is 0 Å². The van der Waals surface area contributed by atoms with E-state index < -0.39 is 12.0 Å². The third-order valence-corrected chi connectivity index (χ3v) is 7.26. The number of nitrogens with zero attached hydrogens (tertiary/aromatic N) is 3. The van der Waals surface area contributed by atoms with Gasteiger partial charge in [-0.25, -0.2) is 10.4 Å². The predicted molar refractivity (Wildman–Crippen MR) is 125 cm³/mol. The molecule has 0 bridgehead atoms. The number of likely N-dealkylation sites (tertiary alicyclic amines) is 1. The maximum atomic E-state index is 13.7. The Hall–Kier alpha value is -2.70. The van der Waals surface area contributed by atoms with Crippen LogP contribution in [-0.4, -0.2) is 47.9 Å². The summed E-state index contributed by atoms with van der Waals surface area (Å²) in [6.07, 6.45) is 5.26. The third-order valence-electron chi connectivity index (χ3n) is 7.26. The minimum atomic E-state index is -0.455. The maximum Gasteiger partial charge on any atom is 0.249 e. The second-order valence-electron chi connectivity index (χ2n) is 9.52. The molecule has 0 spiro atoms. The van der Waals surface area contributed by atoms with E-state index in [9.17, 15) is 9.59 Å². The number of anilines is 1. The van der Waals surface area contributed by atoms with Gasteiger partial charge in [0.15, 0.2) is 0 Å². The SMILES string of the molecule is CN(C)c1ccc(C2NN(Cc3ccccc3)C3C(=O)N(C4CCCCC4)C(=O)C23)cc1. The zero-order valence-corrected chi connectivity index (χ0v) is 18.9. The summed E-state index contributed by atoms with van der Waals surface area (Å²) >= 11 is 0. The van der Waals surface area contributed by atoms with Gasteiger partial charge in [-0.2, -0.15) is 0 Å². The molecular formula is C26H32N4O2. The fourth-order valence-electron chi connectivity index (χ4n) is 5.58. The molecule has 0 aromatic heterocycles. The molecular weight excluding hydrogens is 400 g/mol. The number of imide groups is 1. The number of hydrazine groups is 1. The van der Waals surface area contributed by atoms with Crippen LogP contribution in [0.15, 0.2) is 54.6 Å². The zero-order chi connectivity index (χ0) is 22.2. The van der Waals surface area contributed by atoms with Crippen LogP contribution in [0.25, 0.3) is 0 Å². The normalized spacial score (nSPS) is 26.6. The molecule has 3 atom stereocenters. The maximum absolute atomic E-state index is 13.7. The van der Waals surface area contributed by atoms with Crippen LogP contribution in [0.2, 0.25) is 0 Å². The van der Waals surface area contributed by atoms with Crippen molar-refractivity contribution in [3.05, 3.63) is 65.7 Å². The van der Waals surface area contributed by atoms with Gasteiger partial charge in [0.1, 0.15) is 6.04 Å². The summed E-state index contributed by atoms with van der Waals surface area (Å²) in [6.45, 7) is 0.589. The van der Waals surface area contributed by atoms with E-state index in [0.717, 1.165) is 42.5 Å². The van der Waals surface area contributed by atoms with E-state index in [-0.39, 0.29) is 23.9 Å². The first-order valence-electron chi connectivity index (χ1n) is 11.8. The first-order chi connectivity index (χ1) is 15.5. The Labute approximate surface area is 190 Å². The summed E-state index contributed by atoms with van der Waals surface area (Å²) in [5.41, 5.74) is 6.83. The van der Waals surface area contributed by atoms with E-state index >= 15 is 0 Å². The molecule has 6 heteroatoms. The van der Waals surface area contributed by atoms with Crippen molar-refractivity contribution >= 4 is 17.5 Å². The molecule has 2 amide bonds. The minimum Gasteiger partial charge on any atom is -0.378 e. The number of hydrogen-bond acceptors (Lipinski definition) is 5. The van der Waals surface area contributed by atoms with Gasteiger partial charge < -0.3 is 4.90 Å². The standard InChI is InChI=1S/C26H32N4O2/c1-28(2)20-15-13-19(14-16-20)23-22-24(29(27-23)17-18-9-5-3-6-10-18)26(32)30(25(22)31)21-11-7-4-8-12-21/h3,5-6,9-10,13-16,21-24,27H,4,7-8,11-12,17H2,1-2H3. The second-order valence-corrected chi connectivity index (χ2v) is 9.52. The summed E-state index contributed by atoms with van der Waals surface area (Å²) in [6, 6.07) is 17.9. The van der Waals surface area contributed by atoms with Gasteiger partial charge in [-0.1, -0.05) is 61.7 Å². The highest BCUT2D eigenvalue weighted by Gasteiger charge is 2.59. The van der Waals surface area contributed by atoms with Crippen molar-refractivity contribution in [3.8, 4) is 0 Å². The summed E-state index contributed by atoms with van der Waals surface area (Å²) in [7, 11) is 4.03. The van der Waals surface area contributed by atoms with Crippen LogP contribution < -0.4 is 10.3 Å². The van der Waals surface area contributed by atoms with Gasteiger partial charge in [0.2, 0.25) is 11.8 Å². The molecule has 2 aliphatic heterocycles. The van der Waals surface area contributed by atoms with Gasteiger partial charge in [-0.05, 0) is 36.1 Å². The number of fused-ring (bicyclic) bond motifs is 1. The average molecular weight is 433 g/mol. The molecule has 6 nitrogen and oxygen atoms in total. The van der Waals surface area contributed by atoms with Gasteiger partial charge in [0.25, 0.3) is 0 Å². The molecule has 2 aromatic carbocycles. The van der Waals surface area contributed by atoms with Crippen LogP contribution in [0.3, 0.4) is 0 Å². The highest BCUT2D eigenvalue weighted by molar-refractivity contribution is 6.08. The third kappa shape index (κ3) is 3.71. The molecule has 32 heavy (non-hydrogen) atoms. The van der Waals surface area contributed by atoms with E-state index in [1.807, 2.05) is 37.3 Å². The van der Waals surface area contributed by atoms with Crippen molar-refractivity contribution in [1.82, 2.24) is 15.3 Å². The Morgan fingerprint density at radius 1 is 0.906 bits per heavy atom. The molecule has 3 fully saturated rings. The van der Waals surface area contributed by atoms with Gasteiger partial charge >= 0.3 is 0 Å². The van der Waals surface area contributed by atoms with Crippen LogP contribution in [0.4, 0.5) is 5.69 Å². The lowest BCUT2D eigenvalue weighted by Gasteiger charge is -2.32. The number of nitrogens with one attached hydrogen (secondary N) is 1. The number of benzene rings is 2. The van der Waals surface area contributed by atoms with Crippen molar-refractivity contribution in [2.45, 2.75) is 56.8 Å². The molecule has 3 unspecified atom stereocenters. The molecule has 0 radical (unpaired) electrons. The molecule has 1 N–H and O–H groups in total. The summed E-state index contributed by atoms with van der Waals surface area (Å²) in [5, 5.41) is 2.01. The van der Waals surface area contributed by atoms with E-state index in [1.54, 1.807) is 4.90 Å². The molecule has 2 saturated heterocycles. The Morgan fingerprint density at radius 3 is 2.25 bits per heavy atom. The van der Waals surface area contributed by atoms with Gasteiger partial charge in [0.05, 0.1) is 12.0 Å². The zero-order valence-electron chi connectivity index (χ0n) is 18.9. The van der Waals surface area contributed by atoms with Gasteiger partial charge in [-0.15, -0.1) is 0 Å². The van der Waals surface area contributed by atoms with Crippen LogP contribution in [0.1, 0.15) is 49.3 Å². The lowest BCUT2D eigenvalue weighted by molar-refractivity contribution is -0.145. The summed E-state index contributed by atoms with van der Waals surface area (Å²) < 4.78 is 0. The average Bonchev–Trinajstić information content (AvgIpc) is 3.31. The largest absolute Gasteiger partial charge is 0.378 e. The highest BCUT2D eigenvalue weighted by Crippen LogP contribution is 2.43. The van der Waals surface area contributed by atoms with E-state index in [4.69, 9.17) is 0 Å². The number of hydrogen-bond donors (Lipinski definition) is 1. The minimum absolute atomic E-state index is 0.00310. The second kappa shape index (κ2) is 8.68. The number of carbonyl (C=O) groups is 2. The first-order valence-corrected chi connectivity index (χ1v) is 11.8. The monoisotopic (exact) mass is 432 g/mol. The molecule has 2 heterocycles. The van der Waals surface area contributed by atoms with Crippen LogP contribution in [-0.2, 0) is 16.1 Å². The van der Waals surface area contributed by atoms with Gasteiger partial charge in [0, 0.05) is 32.4 Å². The highest BCUT2D eigenvalue weighted by atomic mass is 16.2. The topological polar surface area (TPSA) is 55.9 Å². The summed E-state index contributed by atoms with van der Waals surface area (Å²) in [4.78, 5) is 31.0. The fourth-order valence-corrected chi connectivity index (χ4v) is 5.58. The first kappa shape index (κ1) is 21.2. The molecule has 3 aliphatic rings. The van der Waals surface area contributed by atoms with Crippen LogP contribution in [0, 0.1) is 5.92 Å². The number of carbonyl (C=O) groups excluding carboxylic acids is 2. The predicted octanol–water partition coefficient (Wildman–Crippen LogP) is 3.50. The van der Waals surface area contributed by atoms with E-state index in [0.29, 0.717) is 6.54 Å². The molecule has 5 rings (SSSR count). The molecule has 168 valence electrons. The molecule has 1 aliphatic carbocycles.